The molecule has 0 amide bonds. The first-order chi connectivity index (χ1) is 10.2. The van der Waals surface area contributed by atoms with Gasteiger partial charge in [0.15, 0.2) is 5.96 Å². The van der Waals surface area contributed by atoms with Gasteiger partial charge in [-0.1, -0.05) is 0 Å². The van der Waals surface area contributed by atoms with E-state index in [1.807, 2.05) is 13.8 Å². The molecule has 0 spiro atoms. The topological polar surface area (TPSA) is 45.7 Å². The quantitative estimate of drug-likeness (QED) is 0.335. The van der Waals surface area contributed by atoms with Crippen molar-refractivity contribution in [2.45, 2.75) is 24.8 Å². The van der Waals surface area contributed by atoms with E-state index < -0.39 is 0 Å². The van der Waals surface area contributed by atoms with E-state index in [2.05, 4.69) is 15.6 Å². The normalized spacial score (nSPS) is 13.0. The van der Waals surface area contributed by atoms with Crippen LogP contribution >= 0.6 is 11.8 Å². The molecule has 1 aromatic rings. The maximum absolute atomic E-state index is 12.8. The minimum Gasteiger partial charge on any atom is -0.383 e. The van der Waals surface area contributed by atoms with E-state index in [1.54, 1.807) is 31.0 Å². The molecule has 4 nitrogen and oxygen atoms in total. The molecular formula is C15H24FN3OS. The molecule has 2 N–H and O–H groups in total. The van der Waals surface area contributed by atoms with Crippen molar-refractivity contribution in [1.82, 2.24) is 10.6 Å². The van der Waals surface area contributed by atoms with Crippen molar-refractivity contribution in [2.75, 3.05) is 32.6 Å². The molecule has 1 atom stereocenters. The lowest BCUT2D eigenvalue weighted by atomic mass is 10.4. The van der Waals surface area contributed by atoms with Crippen molar-refractivity contribution in [1.29, 1.82) is 0 Å². The predicted octanol–water partition coefficient (Wildman–Crippen LogP) is 2.51. The molecule has 0 saturated carbocycles. The molecule has 6 heteroatoms. The predicted molar refractivity (Wildman–Crippen MR) is 87.6 cm³/mol. The lowest BCUT2D eigenvalue weighted by Crippen LogP contribution is -2.44. The second kappa shape index (κ2) is 10.5. The first-order valence-corrected chi connectivity index (χ1v) is 8.06. The van der Waals surface area contributed by atoms with Crippen LogP contribution in [-0.4, -0.2) is 44.6 Å². The third-order valence-corrected chi connectivity index (χ3v) is 3.58. The number of guanidine groups is 1. The van der Waals surface area contributed by atoms with Gasteiger partial charge in [0.25, 0.3) is 0 Å². The first kappa shape index (κ1) is 17.8. The van der Waals surface area contributed by atoms with Crippen molar-refractivity contribution in [3.8, 4) is 0 Å². The van der Waals surface area contributed by atoms with E-state index in [1.165, 1.54) is 12.1 Å². The van der Waals surface area contributed by atoms with Crippen LogP contribution in [0.15, 0.2) is 34.2 Å². The lowest BCUT2D eigenvalue weighted by molar-refractivity contribution is 0.179. The number of halogens is 1. The van der Waals surface area contributed by atoms with Crippen LogP contribution in [0.3, 0.4) is 0 Å². The molecule has 0 aromatic heterocycles. The molecule has 118 valence electrons. The minimum absolute atomic E-state index is 0.205. The van der Waals surface area contributed by atoms with Crippen LogP contribution in [0.5, 0.6) is 0 Å². The van der Waals surface area contributed by atoms with E-state index in [0.717, 1.165) is 23.2 Å². The molecule has 1 unspecified atom stereocenters. The van der Waals surface area contributed by atoms with Gasteiger partial charge in [-0.2, -0.15) is 0 Å². The van der Waals surface area contributed by atoms with Crippen LogP contribution in [-0.2, 0) is 4.74 Å². The van der Waals surface area contributed by atoms with E-state index in [4.69, 9.17) is 4.74 Å². The minimum atomic E-state index is -0.205. The number of nitrogens with one attached hydrogen (secondary N) is 2. The number of nitrogens with zero attached hydrogens (tertiary/aromatic N) is 1. The highest BCUT2D eigenvalue weighted by Gasteiger charge is 2.04. The zero-order valence-electron chi connectivity index (χ0n) is 12.9. The van der Waals surface area contributed by atoms with Gasteiger partial charge in [-0.15, -0.1) is 11.8 Å². The van der Waals surface area contributed by atoms with E-state index in [0.29, 0.717) is 13.2 Å². The molecule has 1 rings (SSSR count). The Labute approximate surface area is 130 Å². The summed E-state index contributed by atoms with van der Waals surface area (Å²) in [5.74, 6) is 1.44. The van der Waals surface area contributed by atoms with Crippen LogP contribution in [0.2, 0.25) is 0 Å². The van der Waals surface area contributed by atoms with Gasteiger partial charge in [0, 0.05) is 30.3 Å². The van der Waals surface area contributed by atoms with Crippen molar-refractivity contribution >= 4 is 17.7 Å². The summed E-state index contributed by atoms with van der Waals surface area (Å²) in [6.45, 7) is 6.22. The van der Waals surface area contributed by atoms with Gasteiger partial charge in [0.2, 0.25) is 0 Å². The second-order valence-electron chi connectivity index (χ2n) is 4.56. The van der Waals surface area contributed by atoms with Crippen molar-refractivity contribution in [3.63, 3.8) is 0 Å². The number of benzene rings is 1. The Morgan fingerprint density at radius 1 is 1.38 bits per heavy atom. The van der Waals surface area contributed by atoms with E-state index in [9.17, 15) is 4.39 Å². The number of ether oxygens (including phenoxy) is 1. The van der Waals surface area contributed by atoms with Gasteiger partial charge < -0.3 is 15.4 Å². The fourth-order valence-corrected chi connectivity index (χ4v) is 2.44. The third-order valence-electron chi connectivity index (χ3n) is 2.59. The Kier molecular flexibility index (Phi) is 8.85. The standard InChI is InChI=1S/C15H24FN3OS/c1-4-17-15(19-12(2)11-20-3)18-9-10-21-14-7-5-13(16)6-8-14/h5-8,12H,4,9-11H2,1-3H3,(H2,17,18,19). The molecular weight excluding hydrogens is 289 g/mol. The van der Waals surface area contributed by atoms with Crippen LogP contribution in [0.25, 0.3) is 0 Å². The zero-order valence-corrected chi connectivity index (χ0v) is 13.7. The van der Waals surface area contributed by atoms with Crippen molar-refractivity contribution in [2.24, 2.45) is 4.99 Å². The maximum atomic E-state index is 12.8. The molecule has 0 saturated heterocycles. The van der Waals surface area contributed by atoms with Gasteiger partial charge >= 0.3 is 0 Å². The highest BCUT2D eigenvalue weighted by atomic mass is 32.2. The Bertz CT molecular complexity index is 425. The smallest absolute Gasteiger partial charge is 0.191 e. The van der Waals surface area contributed by atoms with Crippen LogP contribution < -0.4 is 10.6 Å². The second-order valence-corrected chi connectivity index (χ2v) is 5.73. The van der Waals surface area contributed by atoms with Gasteiger partial charge in [-0.3, -0.25) is 4.99 Å². The average Bonchev–Trinajstić information content (AvgIpc) is 2.46. The molecule has 1 aromatic carbocycles. The highest BCUT2D eigenvalue weighted by molar-refractivity contribution is 7.99. The zero-order chi connectivity index (χ0) is 15.5. The summed E-state index contributed by atoms with van der Waals surface area (Å²) in [4.78, 5) is 5.57. The van der Waals surface area contributed by atoms with Crippen LogP contribution in [0.1, 0.15) is 13.8 Å². The van der Waals surface area contributed by atoms with Crippen molar-refractivity contribution < 1.29 is 9.13 Å². The lowest BCUT2D eigenvalue weighted by Gasteiger charge is -2.16. The number of rotatable bonds is 8. The molecule has 0 bridgehead atoms. The molecule has 0 fully saturated rings. The third kappa shape index (κ3) is 7.92. The monoisotopic (exact) mass is 313 g/mol. The Morgan fingerprint density at radius 2 is 2.10 bits per heavy atom. The summed E-state index contributed by atoms with van der Waals surface area (Å²) in [5.41, 5.74) is 0. The Hall–Kier alpha value is -1.27. The molecule has 21 heavy (non-hydrogen) atoms. The fraction of sp³-hybridized carbons (Fsp3) is 0.533. The molecule has 0 aliphatic carbocycles. The summed E-state index contributed by atoms with van der Waals surface area (Å²) >= 11 is 1.66. The molecule has 0 radical (unpaired) electrons. The van der Waals surface area contributed by atoms with Gasteiger partial charge in [0.1, 0.15) is 5.82 Å². The van der Waals surface area contributed by atoms with E-state index >= 15 is 0 Å². The maximum Gasteiger partial charge on any atom is 0.191 e. The Balaban J connectivity index is 2.37. The van der Waals surface area contributed by atoms with Gasteiger partial charge in [0.05, 0.1) is 13.2 Å². The largest absolute Gasteiger partial charge is 0.383 e. The number of hydrogen-bond acceptors (Lipinski definition) is 3. The SMILES string of the molecule is CCNC(=NCCSc1ccc(F)cc1)NC(C)COC. The fourth-order valence-electron chi connectivity index (χ4n) is 1.70. The van der Waals surface area contributed by atoms with Crippen LogP contribution in [0, 0.1) is 5.82 Å². The highest BCUT2D eigenvalue weighted by Crippen LogP contribution is 2.17. The first-order valence-electron chi connectivity index (χ1n) is 7.07. The molecule has 0 aliphatic rings. The summed E-state index contributed by atoms with van der Waals surface area (Å²) in [6, 6.07) is 6.73. The molecule has 0 aliphatic heterocycles. The number of thioether (sulfide) groups is 1. The van der Waals surface area contributed by atoms with Crippen LogP contribution in [0.4, 0.5) is 4.39 Å². The van der Waals surface area contributed by atoms with Gasteiger partial charge in [-0.05, 0) is 38.1 Å². The average molecular weight is 313 g/mol. The Morgan fingerprint density at radius 3 is 2.71 bits per heavy atom. The number of methoxy groups -OCH3 is 1. The summed E-state index contributed by atoms with van der Waals surface area (Å²) < 4.78 is 17.9. The summed E-state index contributed by atoms with van der Waals surface area (Å²) in [5, 5.41) is 6.48. The number of aliphatic imine (C=N–C) groups is 1. The number of hydrogen-bond donors (Lipinski definition) is 2. The summed E-state index contributed by atoms with van der Waals surface area (Å²) in [6.07, 6.45) is 0. The van der Waals surface area contributed by atoms with E-state index in [-0.39, 0.29) is 11.9 Å². The van der Waals surface area contributed by atoms with Crippen molar-refractivity contribution in [3.05, 3.63) is 30.1 Å². The molecule has 0 heterocycles. The van der Waals surface area contributed by atoms with Gasteiger partial charge in [-0.25, -0.2) is 4.39 Å². The summed E-state index contributed by atoms with van der Waals surface area (Å²) in [7, 11) is 1.68.